The third-order valence-corrected chi connectivity index (χ3v) is 4.74. The highest BCUT2D eigenvalue weighted by molar-refractivity contribution is 5.77. The average molecular weight is 279 g/mol. The molecule has 20 heavy (non-hydrogen) atoms. The van der Waals surface area contributed by atoms with Gasteiger partial charge in [0.25, 0.3) is 0 Å². The topological polar surface area (TPSA) is 74.5 Å². The highest BCUT2D eigenvalue weighted by Crippen LogP contribution is 2.42. The number of aliphatic carboxylic acids is 1. The number of likely N-dealkylation sites (tertiary alicyclic amines) is 2. The van der Waals surface area contributed by atoms with Gasteiger partial charge in [-0.3, -0.25) is 9.69 Å². The first kappa shape index (κ1) is 13.5. The summed E-state index contributed by atoms with van der Waals surface area (Å²) in [5.41, 5.74) is -0.572. The van der Waals surface area contributed by atoms with Crippen LogP contribution >= 0.6 is 0 Å². The summed E-state index contributed by atoms with van der Waals surface area (Å²) in [6.45, 7) is 6.67. The number of hydrogen-bond donors (Lipinski definition) is 1. The van der Waals surface area contributed by atoms with Crippen molar-refractivity contribution < 1.29 is 9.90 Å². The van der Waals surface area contributed by atoms with Gasteiger partial charge >= 0.3 is 5.97 Å². The van der Waals surface area contributed by atoms with Crippen molar-refractivity contribution in [2.75, 3.05) is 39.8 Å². The van der Waals surface area contributed by atoms with Gasteiger partial charge < -0.3 is 14.6 Å². The monoisotopic (exact) mass is 279 g/mol. The Morgan fingerprint density at radius 3 is 2.85 bits per heavy atom. The lowest BCUT2D eigenvalue weighted by Crippen LogP contribution is -2.40. The molecule has 2 fully saturated rings. The number of fused-ring (bicyclic) bond motifs is 1. The van der Waals surface area contributed by atoms with Gasteiger partial charge in [0.1, 0.15) is 12.2 Å². The molecule has 1 aromatic heterocycles. The second-order valence-electron chi connectivity index (χ2n) is 6.16. The molecule has 0 amide bonds. The Morgan fingerprint density at radius 2 is 2.25 bits per heavy atom. The quantitative estimate of drug-likeness (QED) is 0.803. The minimum atomic E-state index is -0.644. The van der Waals surface area contributed by atoms with Gasteiger partial charge in [0.05, 0.1) is 5.41 Å². The number of hydrogen-bond acceptors (Lipinski definition) is 5. The van der Waals surface area contributed by atoms with E-state index in [2.05, 4.69) is 20.0 Å². The SMILES string of the molecule is Cc1nncn1CCN1C[C@H]2CN(C)C[C@@]2(C(=O)O)C1. The fourth-order valence-corrected chi connectivity index (χ4v) is 3.67. The van der Waals surface area contributed by atoms with E-state index >= 15 is 0 Å². The molecule has 0 saturated carbocycles. The van der Waals surface area contributed by atoms with Crippen molar-refractivity contribution in [1.82, 2.24) is 24.6 Å². The molecule has 2 atom stereocenters. The van der Waals surface area contributed by atoms with Crippen LogP contribution in [0.3, 0.4) is 0 Å². The molecular weight excluding hydrogens is 258 g/mol. The van der Waals surface area contributed by atoms with Gasteiger partial charge in [0.15, 0.2) is 0 Å². The molecule has 2 aliphatic rings. The lowest BCUT2D eigenvalue weighted by atomic mass is 9.81. The predicted octanol–water partition coefficient (Wildman–Crippen LogP) is -0.465. The Balaban J connectivity index is 1.65. The zero-order chi connectivity index (χ0) is 14.3. The molecule has 110 valence electrons. The minimum Gasteiger partial charge on any atom is -0.481 e. The first-order valence-electron chi connectivity index (χ1n) is 7.00. The highest BCUT2D eigenvalue weighted by Gasteiger charge is 2.56. The van der Waals surface area contributed by atoms with Crippen LogP contribution in [0, 0.1) is 18.3 Å². The van der Waals surface area contributed by atoms with Crippen LogP contribution in [-0.4, -0.2) is 75.4 Å². The molecule has 0 bridgehead atoms. The van der Waals surface area contributed by atoms with Crippen LogP contribution in [0.25, 0.3) is 0 Å². The zero-order valence-corrected chi connectivity index (χ0v) is 12.0. The van der Waals surface area contributed by atoms with E-state index in [1.54, 1.807) is 6.33 Å². The Hall–Kier alpha value is -1.47. The van der Waals surface area contributed by atoms with Crippen LogP contribution in [0.4, 0.5) is 0 Å². The lowest BCUT2D eigenvalue weighted by molar-refractivity contribution is -0.148. The number of carbonyl (C=O) groups is 1. The number of aromatic nitrogens is 3. The summed E-state index contributed by atoms with van der Waals surface area (Å²) in [6.07, 6.45) is 1.73. The summed E-state index contributed by atoms with van der Waals surface area (Å²) in [6, 6.07) is 0. The average Bonchev–Trinajstić information content (AvgIpc) is 2.99. The summed E-state index contributed by atoms with van der Waals surface area (Å²) in [5.74, 6) is 0.499. The number of carboxylic acids is 1. The Kier molecular flexibility index (Phi) is 3.25. The van der Waals surface area contributed by atoms with E-state index in [1.165, 1.54) is 0 Å². The molecule has 7 heteroatoms. The summed E-state index contributed by atoms with van der Waals surface area (Å²) in [7, 11) is 2.01. The maximum absolute atomic E-state index is 11.7. The van der Waals surface area contributed by atoms with E-state index in [1.807, 2.05) is 18.5 Å². The van der Waals surface area contributed by atoms with Crippen LogP contribution in [0.1, 0.15) is 5.82 Å². The molecule has 0 spiro atoms. The molecule has 1 N–H and O–H groups in total. The fraction of sp³-hybridized carbons (Fsp3) is 0.769. The number of aryl methyl sites for hydroxylation is 1. The van der Waals surface area contributed by atoms with Crippen LogP contribution in [0.15, 0.2) is 6.33 Å². The first-order valence-corrected chi connectivity index (χ1v) is 7.00. The summed E-state index contributed by atoms with van der Waals surface area (Å²) in [4.78, 5) is 16.1. The summed E-state index contributed by atoms with van der Waals surface area (Å²) < 4.78 is 2.01. The molecule has 3 rings (SSSR count). The van der Waals surface area contributed by atoms with E-state index in [0.717, 1.165) is 32.0 Å². The molecule has 0 aromatic carbocycles. The second-order valence-corrected chi connectivity index (χ2v) is 6.16. The smallest absolute Gasteiger partial charge is 0.312 e. The van der Waals surface area contributed by atoms with Gasteiger partial charge in [0, 0.05) is 45.2 Å². The van der Waals surface area contributed by atoms with Gasteiger partial charge in [0.2, 0.25) is 0 Å². The standard InChI is InChI=1S/C13H21N5O2/c1-10-15-14-9-18(10)4-3-17-6-11-5-16(2)7-13(11,8-17)12(19)20/h9,11H,3-8H2,1-2H3,(H,19,20)/t11-,13-/m1/s1. The van der Waals surface area contributed by atoms with Crippen LogP contribution in [-0.2, 0) is 11.3 Å². The van der Waals surface area contributed by atoms with Gasteiger partial charge in [-0.2, -0.15) is 0 Å². The molecule has 7 nitrogen and oxygen atoms in total. The summed E-state index contributed by atoms with van der Waals surface area (Å²) >= 11 is 0. The Morgan fingerprint density at radius 1 is 1.45 bits per heavy atom. The van der Waals surface area contributed by atoms with Crippen molar-refractivity contribution >= 4 is 5.97 Å². The normalized spacial score (nSPS) is 30.8. The minimum absolute atomic E-state index is 0.243. The Bertz CT molecular complexity index is 517. The first-order chi connectivity index (χ1) is 9.51. The number of rotatable bonds is 4. The van der Waals surface area contributed by atoms with Gasteiger partial charge in [-0.05, 0) is 14.0 Å². The highest BCUT2D eigenvalue weighted by atomic mass is 16.4. The molecule has 0 aliphatic carbocycles. The van der Waals surface area contributed by atoms with Gasteiger partial charge in [-0.15, -0.1) is 10.2 Å². The van der Waals surface area contributed by atoms with E-state index in [9.17, 15) is 9.90 Å². The number of carboxylic acid groups (broad SMARTS) is 1. The molecule has 0 radical (unpaired) electrons. The van der Waals surface area contributed by atoms with Crippen molar-refractivity contribution in [3.63, 3.8) is 0 Å². The van der Waals surface area contributed by atoms with Gasteiger partial charge in [-0.1, -0.05) is 0 Å². The third-order valence-electron chi connectivity index (χ3n) is 4.74. The molecule has 2 aliphatic heterocycles. The maximum Gasteiger partial charge on any atom is 0.312 e. The van der Waals surface area contributed by atoms with Crippen molar-refractivity contribution in [2.24, 2.45) is 11.3 Å². The Labute approximate surface area is 118 Å². The molecular formula is C13H21N5O2. The lowest BCUT2D eigenvalue weighted by Gasteiger charge is -2.24. The van der Waals surface area contributed by atoms with Crippen LogP contribution in [0.2, 0.25) is 0 Å². The number of nitrogens with zero attached hydrogens (tertiary/aromatic N) is 5. The van der Waals surface area contributed by atoms with Crippen molar-refractivity contribution in [3.05, 3.63) is 12.2 Å². The van der Waals surface area contributed by atoms with E-state index < -0.39 is 11.4 Å². The summed E-state index contributed by atoms with van der Waals surface area (Å²) in [5, 5.41) is 17.5. The van der Waals surface area contributed by atoms with Crippen LogP contribution in [0.5, 0.6) is 0 Å². The van der Waals surface area contributed by atoms with Crippen molar-refractivity contribution in [2.45, 2.75) is 13.5 Å². The maximum atomic E-state index is 11.7. The van der Waals surface area contributed by atoms with Gasteiger partial charge in [-0.25, -0.2) is 0 Å². The van der Waals surface area contributed by atoms with E-state index in [4.69, 9.17) is 0 Å². The van der Waals surface area contributed by atoms with Crippen molar-refractivity contribution in [3.8, 4) is 0 Å². The van der Waals surface area contributed by atoms with Crippen LogP contribution < -0.4 is 0 Å². The molecule has 1 aromatic rings. The molecule has 0 unspecified atom stereocenters. The predicted molar refractivity (Wildman–Crippen MR) is 72.3 cm³/mol. The third kappa shape index (κ3) is 2.10. The molecule has 3 heterocycles. The van der Waals surface area contributed by atoms with E-state index in [0.29, 0.717) is 13.1 Å². The fourth-order valence-electron chi connectivity index (χ4n) is 3.67. The second kappa shape index (κ2) is 4.82. The van der Waals surface area contributed by atoms with E-state index in [-0.39, 0.29) is 5.92 Å². The van der Waals surface area contributed by atoms with Crippen molar-refractivity contribution in [1.29, 1.82) is 0 Å². The zero-order valence-electron chi connectivity index (χ0n) is 12.0. The largest absolute Gasteiger partial charge is 0.481 e. The molecule has 2 saturated heterocycles.